The number of carbonyl (C=O) groups is 2. The zero-order valence-electron chi connectivity index (χ0n) is 16.4. The van der Waals surface area contributed by atoms with Gasteiger partial charge in [0.2, 0.25) is 5.91 Å². The zero-order chi connectivity index (χ0) is 21.8. The zero-order valence-corrected chi connectivity index (χ0v) is 18.0. The highest BCUT2D eigenvalue weighted by Gasteiger charge is 2.45. The van der Waals surface area contributed by atoms with Crippen LogP contribution in [0.4, 0.5) is 14.5 Å². The van der Waals surface area contributed by atoms with Crippen LogP contribution < -0.4 is 4.90 Å². The van der Waals surface area contributed by atoms with E-state index in [4.69, 9.17) is 23.2 Å². The SMILES string of the molecule is CC1(C)CC(=O)C2=C(C1)N(c1ccc(F)cc1F)C(=O)C[C@H]2c1ccc(Cl)cc1Cl. The molecule has 0 fully saturated rings. The summed E-state index contributed by atoms with van der Waals surface area (Å²) >= 11 is 12.4. The maximum absolute atomic E-state index is 14.6. The molecule has 156 valence electrons. The standard InChI is InChI=1S/C23H19Cl2F2NO2/c1-23(2)10-19-22(20(29)11-23)15(14-5-3-12(24)7-16(14)25)9-21(30)28(19)18-6-4-13(26)8-17(18)27/h3-8,15H,9-11H2,1-2H3/t15-/m0/s1. The predicted octanol–water partition coefficient (Wildman–Crippen LogP) is 6.44. The van der Waals surface area contributed by atoms with Crippen molar-refractivity contribution in [1.29, 1.82) is 0 Å². The minimum Gasteiger partial charge on any atom is -0.294 e. The first-order valence-corrected chi connectivity index (χ1v) is 10.3. The van der Waals surface area contributed by atoms with Crippen LogP contribution in [-0.2, 0) is 9.59 Å². The molecule has 0 saturated carbocycles. The van der Waals surface area contributed by atoms with Gasteiger partial charge >= 0.3 is 0 Å². The molecule has 0 spiro atoms. The quantitative estimate of drug-likeness (QED) is 0.529. The Hall–Kier alpha value is -2.24. The number of nitrogens with zero attached hydrogens (tertiary/aromatic N) is 1. The molecule has 3 nitrogen and oxygen atoms in total. The second kappa shape index (κ2) is 7.47. The third-order valence-electron chi connectivity index (χ3n) is 5.63. The number of hydrogen-bond acceptors (Lipinski definition) is 2. The van der Waals surface area contributed by atoms with E-state index in [1.54, 1.807) is 18.2 Å². The summed E-state index contributed by atoms with van der Waals surface area (Å²) in [7, 11) is 0. The molecule has 0 radical (unpaired) electrons. The van der Waals surface area contributed by atoms with Crippen molar-refractivity contribution < 1.29 is 18.4 Å². The molecule has 7 heteroatoms. The fourth-order valence-electron chi connectivity index (χ4n) is 4.41. The lowest BCUT2D eigenvalue weighted by molar-refractivity contribution is -0.121. The molecule has 2 aromatic rings. The summed E-state index contributed by atoms with van der Waals surface area (Å²) in [5, 5.41) is 0.817. The molecule has 2 aliphatic rings. The van der Waals surface area contributed by atoms with Gasteiger partial charge in [0.05, 0.1) is 5.69 Å². The van der Waals surface area contributed by atoms with Gasteiger partial charge in [-0.15, -0.1) is 0 Å². The van der Waals surface area contributed by atoms with E-state index in [9.17, 15) is 18.4 Å². The molecule has 0 aromatic heterocycles. The van der Waals surface area contributed by atoms with Crippen LogP contribution in [0, 0.1) is 17.0 Å². The number of amides is 1. The predicted molar refractivity (Wildman–Crippen MR) is 113 cm³/mol. The summed E-state index contributed by atoms with van der Waals surface area (Å²) in [4.78, 5) is 27.7. The first-order valence-electron chi connectivity index (χ1n) is 9.56. The minimum atomic E-state index is -0.853. The molecule has 1 atom stereocenters. The smallest absolute Gasteiger partial charge is 0.232 e. The van der Waals surface area contributed by atoms with Crippen LogP contribution >= 0.6 is 23.2 Å². The third kappa shape index (κ3) is 3.65. The summed E-state index contributed by atoms with van der Waals surface area (Å²) < 4.78 is 28.1. The van der Waals surface area contributed by atoms with Gasteiger partial charge in [-0.3, -0.25) is 14.5 Å². The van der Waals surface area contributed by atoms with E-state index in [-0.39, 0.29) is 23.8 Å². The first-order chi connectivity index (χ1) is 14.1. The lowest BCUT2D eigenvalue weighted by Crippen LogP contribution is -2.44. The van der Waals surface area contributed by atoms with Crippen molar-refractivity contribution in [2.75, 3.05) is 4.90 Å². The lowest BCUT2D eigenvalue weighted by Gasteiger charge is -2.43. The van der Waals surface area contributed by atoms with Crippen LogP contribution in [0.15, 0.2) is 47.7 Å². The monoisotopic (exact) mass is 449 g/mol. The Labute approximate surface area is 183 Å². The van der Waals surface area contributed by atoms with Crippen LogP contribution in [-0.4, -0.2) is 11.7 Å². The summed E-state index contributed by atoms with van der Waals surface area (Å²) in [5.74, 6) is -2.60. The first kappa shape index (κ1) is 21.0. The Morgan fingerprint density at radius 3 is 2.43 bits per heavy atom. The van der Waals surface area contributed by atoms with Gasteiger partial charge in [0.1, 0.15) is 11.6 Å². The van der Waals surface area contributed by atoms with Gasteiger partial charge in [0.15, 0.2) is 5.78 Å². The number of halogens is 4. The van der Waals surface area contributed by atoms with Gasteiger partial charge in [-0.2, -0.15) is 0 Å². The van der Waals surface area contributed by atoms with Gasteiger partial charge in [-0.25, -0.2) is 8.78 Å². The van der Waals surface area contributed by atoms with Crippen molar-refractivity contribution >= 4 is 40.6 Å². The highest BCUT2D eigenvalue weighted by atomic mass is 35.5. The molecule has 0 unspecified atom stereocenters. The average Bonchev–Trinajstić information content (AvgIpc) is 2.61. The number of carbonyl (C=O) groups excluding carboxylic acids is 2. The molecule has 1 aliphatic carbocycles. The fraction of sp³-hybridized carbons (Fsp3) is 0.304. The van der Waals surface area contributed by atoms with Gasteiger partial charge in [0.25, 0.3) is 0 Å². The molecule has 2 aromatic carbocycles. The molecular weight excluding hydrogens is 431 g/mol. The topological polar surface area (TPSA) is 37.4 Å². The number of hydrogen-bond donors (Lipinski definition) is 0. The van der Waals surface area contributed by atoms with E-state index < -0.39 is 23.0 Å². The molecule has 1 heterocycles. The molecule has 1 aliphatic heterocycles. The van der Waals surface area contributed by atoms with Crippen molar-refractivity contribution in [3.05, 3.63) is 74.9 Å². The van der Waals surface area contributed by atoms with E-state index in [2.05, 4.69) is 0 Å². The normalized spacial score (nSPS) is 21.1. The molecular formula is C23H19Cl2F2NO2. The number of benzene rings is 2. The molecule has 30 heavy (non-hydrogen) atoms. The number of rotatable bonds is 2. The molecule has 0 bridgehead atoms. The maximum atomic E-state index is 14.6. The van der Waals surface area contributed by atoms with E-state index in [0.717, 1.165) is 12.1 Å². The van der Waals surface area contributed by atoms with Crippen molar-refractivity contribution in [1.82, 2.24) is 0 Å². The molecule has 4 rings (SSSR count). The largest absolute Gasteiger partial charge is 0.294 e. The number of anilines is 1. The lowest BCUT2D eigenvalue weighted by atomic mass is 9.69. The molecule has 0 N–H and O–H groups in total. The van der Waals surface area contributed by atoms with Crippen LogP contribution in [0.5, 0.6) is 0 Å². The van der Waals surface area contributed by atoms with Crippen LogP contribution in [0.1, 0.15) is 44.6 Å². The summed E-state index contributed by atoms with van der Waals surface area (Å²) in [5.41, 5.74) is 1.08. The summed E-state index contributed by atoms with van der Waals surface area (Å²) in [6, 6.07) is 8.02. The van der Waals surface area contributed by atoms with Gasteiger partial charge in [-0.1, -0.05) is 43.1 Å². The van der Waals surface area contributed by atoms with E-state index in [1.165, 1.54) is 11.0 Å². The average molecular weight is 450 g/mol. The van der Waals surface area contributed by atoms with Crippen LogP contribution in [0.2, 0.25) is 10.0 Å². The number of Topliss-reactive ketones (excluding diaryl/α,β-unsaturated/α-hetero) is 1. The second-order valence-corrected chi connectivity index (χ2v) is 9.39. The van der Waals surface area contributed by atoms with Crippen LogP contribution in [0.25, 0.3) is 0 Å². The number of ketones is 1. The van der Waals surface area contributed by atoms with E-state index in [1.807, 2.05) is 13.8 Å². The third-order valence-corrected chi connectivity index (χ3v) is 6.19. The van der Waals surface area contributed by atoms with Gasteiger partial charge in [-0.05, 0) is 41.7 Å². The minimum absolute atomic E-state index is 0.0524. The second-order valence-electron chi connectivity index (χ2n) is 8.55. The molecule has 1 amide bonds. The Balaban J connectivity index is 1.93. The van der Waals surface area contributed by atoms with Gasteiger partial charge in [0, 0.05) is 46.1 Å². The van der Waals surface area contributed by atoms with E-state index in [0.29, 0.717) is 39.7 Å². The van der Waals surface area contributed by atoms with E-state index >= 15 is 0 Å². The van der Waals surface area contributed by atoms with Crippen molar-refractivity contribution in [3.63, 3.8) is 0 Å². The Kier molecular flexibility index (Phi) is 5.23. The number of allylic oxidation sites excluding steroid dienone is 2. The Morgan fingerprint density at radius 1 is 1.03 bits per heavy atom. The fourth-order valence-corrected chi connectivity index (χ4v) is 4.95. The highest BCUT2D eigenvalue weighted by Crippen LogP contribution is 2.49. The summed E-state index contributed by atoms with van der Waals surface area (Å²) in [6.45, 7) is 3.86. The maximum Gasteiger partial charge on any atom is 0.232 e. The Morgan fingerprint density at radius 2 is 1.77 bits per heavy atom. The van der Waals surface area contributed by atoms with Crippen molar-refractivity contribution in [2.24, 2.45) is 5.41 Å². The summed E-state index contributed by atoms with van der Waals surface area (Å²) in [6.07, 6.45) is 0.656. The molecule has 0 saturated heterocycles. The van der Waals surface area contributed by atoms with Crippen LogP contribution in [0.3, 0.4) is 0 Å². The van der Waals surface area contributed by atoms with Crippen molar-refractivity contribution in [2.45, 2.75) is 39.0 Å². The Bertz CT molecular complexity index is 1110. The highest BCUT2D eigenvalue weighted by molar-refractivity contribution is 6.35. The van der Waals surface area contributed by atoms with Gasteiger partial charge < -0.3 is 0 Å². The van der Waals surface area contributed by atoms with Crippen molar-refractivity contribution in [3.8, 4) is 0 Å².